The fourth-order valence-electron chi connectivity index (χ4n) is 1.87. The molecule has 1 aromatic heterocycles. The van der Waals surface area contributed by atoms with E-state index in [0.717, 1.165) is 26.8 Å². The predicted molar refractivity (Wildman–Crippen MR) is 86.0 cm³/mol. The first-order valence-corrected chi connectivity index (χ1v) is 8.10. The van der Waals surface area contributed by atoms with E-state index in [4.69, 9.17) is 4.74 Å². The third kappa shape index (κ3) is 3.81. The molecule has 1 N–H and O–H groups in total. The van der Waals surface area contributed by atoms with Gasteiger partial charge in [0.1, 0.15) is 5.75 Å². The average Bonchev–Trinajstić information content (AvgIpc) is 3.23. The van der Waals surface area contributed by atoms with Gasteiger partial charge in [-0.25, -0.2) is 4.98 Å². The van der Waals surface area contributed by atoms with Crippen LogP contribution >= 0.6 is 31.9 Å². The average molecular weight is 398 g/mol. The first-order chi connectivity index (χ1) is 9.70. The molecule has 0 atom stereocenters. The lowest BCUT2D eigenvalue weighted by Crippen LogP contribution is -2.16. The third-order valence-corrected chi connectivity index (χ3v) is 3.99. The van der Waals surface area contributed by atoms with E-state index in [-0.39, 0.29) is 0 Å². The van der Waals surface area contributed by atoms with Crippen molar-refractivity contribution in [2.75, 3.05) is 0 Å². The number of benzene rings is 1. The highest BCUT2D eigenvalue weighted by atomic mass is 79.9. The summed E-state index contributed by atoms with van der Waals surface area (Å²) in [5, 5.41) is 3.49. The van der Waals surface area contributed by atoms with Crippen molar-refractivity contribution in [2.45, 2.75) is 25.4 Å². The molecule has 0 unspecified atom stereocenters. The van der Waals surface area contributed by atoms with Crippen LogP contribution in [-0.4, -0.2) is 11.0 Å². The van der Waals surface area contributed by atoms with Gasteiger partial charge >= 0.3 is 0 Å². The van der Waals surface area contributed by atoms with Crippen molar-refractivity contribution < 1.29 is 4.74 Å². The molecular formula is C15H14Br2N2O. The SMILES string of the molecule is Brc1cccc(Oc2ncc(Br)cc2CNC2CC2)c1. The summed E-state index contributed by atoms with van der Waals surface area (Å²) in [7, 11) is 0. The Bertz CT molecular complexity index is 615. The molecule has 2 aromatic rings. The molecule has 104 valence electrons. The van der Waals surface area contributed by atoms with Crippen LogP contribution < -0.4 is 10.1 Å². The molecule has 20 heavy (non-hydrogen) atoms. The van der Waals surface area contributed by atoms with Gasteiger partial charge in [-0.3, -0.25) is 0 Å². The second-order valence-electron chi connectivity index (χ2n) is 4.83. The van der Waals surface area contributed by atoms with Crippen molar-refractivity contribution in [1.82, 2.24) is 10.3 Å². The molecule has 1 heterocycles. The zero-order valence-electron chi connectivity index (χ0n) is 10.8. The Morgan fingerprint density at radius 3 is 2.80 bits per heavy atom. The van der Waals surface area contributed by atoms with Crippen LogP contribution in [0.15, 0.2) is 45.5 Å². The van der Waals surface area contributed by atoms with Crippen LogP contribution in [0.1, 0.15) is 18.4 Å². The van der Waals surface area contributed by atoms with E-state index in [9.17, 15) is 0 Å². The summed E-state index contributed by atoms with van der Waals surface area (Å²) < 4.78 is 7.85. The van der Waals surface area contributed by atoms with Crippen LogP contribution in [0.25, 0.3) is 0 Å². The van der Waals surface area contributed by atoms with Gasteiger partial charge in [-0.05, 0) is 53.0 Å². The van der Waals surface area contributed by atoms with Gasteiger partial charge in [0.2, 0.25) is 5.88 Å². The highest BCUT2D eigenvalue weighted by molar-refractivity contribution is 9.10. The van der Waals surface area contributed by atoms with Gasteiger partial charge in [-0.1, -0.05) is 22.0 Å². The highest BCUT2D eigenvalue weighted by Crippen LogP contribution is 2.28. The summed E-state index contributed by atoms with van der Waals surface area (Å²) in [6, 6.07) is 10.5. The Hall–Kier alpha value is -0.910. The molecule has 1 aliphatic carbocycles. The Morgan fingerprint density at radius 2 is 2.05 bits per heavy atom. The quantitative estimate of drug-likeness (QED) is 0.797. The second kappa shape index (κ2) is 6.24. The van der Waals surface area contributed by atoms with Gasteiger partial charge < -0.3 is 10.1 Å². The van der Waals surface area contributed by atoms with Gasteiger partial charge in [-0.15, -0.1) is 0 Å². The van der Waals surface area contributed by atoms with Crippen LogP contribution in [0, 0.1) is 0 Å². The summed E-state index contributed by atoms with van der Waals surface area (Å²) in [5.41, 5.74) is 1.06. The molecule has 0 spiro atoms. The van der Waals surface area contributed by atoms with E-state index < -0.39 is 0 Å². The molecule has 1 fully saturated rings. The van der Waals surface area contributed by atoms with E-state index in [2.05, 4.69) is 48.2 Å². The molecule has 0 saturated heterocycles. The smallest absolute Gasteiger partial charge is 0.223 e. The Morgan fingerprint density at radius 1 is 1.20 bits per heavy atom. The Kier molecular flexibility index (Phi) is 4.38. The minimum absolute atomic E-state index is 0.652. The monoisotopic (exact) mass is 396 g/mol. The van der Waals surface area contributed by atoms with Crippen LogP contribution in [0.3, 0.4) is 0 Å². The maximum atomic E-state index is 5.90. The summed E-state index contributed by atoms with van der Waals surface area (Å²) in [6.45, 7) is 0.778. The van der Waals surface area contributed by atoms with E-state index in [1.165, 1.54) is 12.8 Å². The summed E-state index contributed by atoms with van der Waals surface area (Å²) in [6.07, 6.45) is 4.29. The van der Waals surface area contributed by atoms with E-state index >= 15 is 0 Å². The van der Waals surface area contributed by atoms with Crippen molar-refractivity contribution >= 4 is 31.9 Å². The minimum atomic E-state index is 0.652. The zero-order valence-corrected chi connectivity index (χ0v) is 13.9. The number of nitrogens with zero attached hydrogens (tertiary/aromatic N) is 1. The number of halogens is 2. The van der Waals surface area contributed by atoms with Gasteiger partial charge in [0.05, 0.1) is 0 Å². The van der Waals surface area contributed by atoms with E-state index in [0.29, 0.717) is 11.9 Å². The van der Waals surface area contributed by atoms with Gasteiger partial charge in [0.15, 0.2) is 0 Å². The molecule has 3 rings (SSSR count). The number of ether oxygens (including phenoxy) is 1. The summed E-state index contributed by atoms with van der Waals surface area (Å²) >= 11 is 6.91. The summed E-state index contributed by atoms with van der Waals surface area (Å²) in [4.78, 5) is 4.38. The van der Waals surface area contributed by atoms with Crippen LogP contribution in [0.5, 0.6) is 11.6 Å². The molecule has 5 heteroatoms. The molecule has 3 nitrogen and oxygen atoms in total. The van der Waals surface area contributed by atoms with Crippen molar-refractivity contribution in [1.29, 1.82) is 0 Å². The summed E-state index contributed by atoms with van der Waals surface area (Å²) in [5.74, 6) is 1.43. The van der Waals surface area contributed by atoms with Crippen molar-refractivity contribution in [3.63, 3.8) is 0 Å². The van der Waals surface area contributed by atoms with Crippen molar-refractivity contribution in [3.8, 4) is 11.6 Å². The molecule has 1 saturated carbocycles. The third-order valence-electron chi connectivity index (χ3n) is 3.06. The fraction of sp³-hybridized carbons (Fsp3) is 0.267. The van der Waals surface area contributed by atoms with Crippen LogP contribution in [0.2, 0.25) is 0 Å². The van der Waals surface area contributed by atoms with E-state index in [1.54, 1.807) is 6.20 Å². The molecule has 1 aliphatic rings. The first-order valence-electron chi connectivity index (χ1n) is 6.52. The zero-order chi connectivity index (χ0) is 13.9. The van der Waals surface area contributed by atoms with Gasteiger partial charge in [-0.2, -0.15) is 0 Å². The number of rotatable bonds is 5. The van der Waals surface area contributed by atoms with Crippen molar-refractivity contribution in [2.24, 2.45) is 0 Å². The highest BCUT2D eigenvalue weighted by Gasteiger charge is 2.21. The number of hydrogen-bond acceptors (Lipinski definition) is 3. The lowest BCUT2D eigenvalue weighted by atomic mass is 10.2. The molecule has 1 aromatic carbocycles. The lowest BCUT2D eigenvalue weighted by molar-refractivity contribution is 0.452. The number of nitrogens with one attached hydrogen (secondary N) is 1. The number of pyridine rings is 1. The molecule has 0 radical (unpaired) electrons. The molecule has 0 bridgehead atoms. The maximum absolute atomic E-state index is 5.90. The molecule has 0 aliphatic heterocycles. The number of aromatic nitrogens is 1. The van der Waals surface area contributed by atoms with Crippen LogP contribution in [0.4, 0.5) is 0 Å². The normalized spacial score (nSPS) is 14.3. The number of hydrogen-bond donors (Lipinski definition) is 1. The fourth-order valence-corrected chi connectivity index (χ4v) is 2.63. The largest absolute Gasteiger partial charge is 0.439 e. The van der Waals surface area contributed by atoms with Crippen molar-refractivity contribution in [3.05, 3.63) is 51.0 Å². The van der Waals surface area contributed by atoms with E-state index in [1.807, 2.05) is 24.3 Å². The lowest BCUT2D eigenvalue weighted by Gasteiger charge is -2.11. The minimum Gasteiger partial charge on any atom is -0.439 e. The topological polar surface area (TPSA) is 34.1 Å². The Labute approximate surface area is 135 Å². The van der Waals surface area contributed by atoms with Gasteiger partial charge in [0.25, 0.3) is 0 Å². The molecule has 0 amide bonds. The first kappa shape index (κ1) is 14.0. The van der Waals surface area contributed by atoms with Crippen LogP contribution in [-0.2, 0) is 6.54 Å². The molecular weight excluding hydrogens is 384 g/mol. The predicted octanol–water partition coefficient (Wildman–Crippen LogP) is 4.65. The maximum Gasteiger partial charge on any atom is 0.223 e. The second-order valence-corrected chi connectivity index (χ2v) is 6.66. The van der Waals surface area contributed by atoms with Gasteiger partial charge in [0, 0.05) is 33.3 Å². The Balaban J connectivity index is 1.79. The standard InChI is InChI=1S/C15H14Br2N2O/c16-11-2-1-3-14(7-11)20-15-10(6-12(17)9-19-15)8-18-13-4-5-13/h1-3,6-7,9,13,18H,4-5,8H2.